The molecule has 3 heterocycles. The number of rotatable bonds is 5. The molecule has 0 radical (unpaired) electrons. The summed E-state index contributed by atoms with van der Waals surface area (Å²) in [5.41, 5.74) is 7.04. The first-order valence-electron chi connectivity index (χ1n) is 12.6. The minimum absolute atomic E-state index is 0.0686. The second-order valence-electron chi connectivity index (χ2n) is 10.4. The molecule has 3 aromatic rings. The molecule has 2 aromatic carbocycles. The second kappa shape index (κ2) is 9.76. The molecule has 0 unspecified atom stereocenters. The first-order chi connectivity index (χ1) is 18.1. The van der Waals surface area contributed by atoms with Crippen LogP contribution in [0, 0.1) is 0 Å². The molecule has 7 nitrogen and oxygen atoms in total. The van der Waals surface area contributed by atoms with Crippen molar-refractivity contribution in [3.05, 3.63) is 83.7 Å². The molecule has 2 aliphatic heterocycles. The maximum absolute atomic E-state index is 11.9. The maximum atomic E-state index is 11.9. The van der Waals surface area contributed by atoms with Gasteiger partial charge >= 0.3 is 0 Å². The standard InChI is InChI=1S/C30H33N5O2S/c1-18-17-30(3,4)34(5)25-12-10-20(15-22(18)25)28-27(23-9-7-8-14-31-23)33-29(38)35(28)21-11-13-26(37-6)24(16-21)32-19(2)36/h7-17,27-28H,1-6H3,(H,32,36)(H,33,38)/t27-,28+/m1/s1. The van der Waals surface area contributed by atoms with Crippen molar-refractivity contribution in [2.24, 2.45) is 0 Å². The van der Waals surface area contributed by atoms with Gasteiger partial charge in [0.25, 0.3) is 0 Å². The van der Waals surface area contributed by atoms with Gasteiger partial charge in [-0.15, -0.1) is 0 Å². The van der Waals surface area contributed by atoms with Crippen molar-refractivity contribution in [3.8, 4) is 5.75 Å². The third-order valence-corrected chi connectivity index (χ3v) is 7.77. The monoisotopic (exact) mass is 527 g/mol. The Morgan fingerprint density at radius 1 is 1.16 bits per heavy atom. The Morgan fingerprint density at radius 2 is 1.95 bits per heavy atom. The number of methoxy groups -OCH3 is 1. The molecule has 38 heavy (non-hydrogen) atoms. The molecule has 1 aromatic heterocycles. The number of anilines is 3. The van der Waals surface area contributed by atoms with E-state index in [0.717, 1.165) is 16.9 Å². The lowest BCUT2D eigenvalue weighted by Crippen LogP contribution is -2.42. The summed E-state index contributed by atoms with van der Waals surface area (Å²) >= 11 is 5.91. The van der Waals surface area contributed by atoms with Crippen LogP contribution in [0.5, 0.6) is 5.75 Å². The summed E-state index contributed by atoms with van der Waals surface area (Å²) in [7, 11) is 3.72. The molecular weight excluding hydrogens is 494 g/mol. The summed E-state index contributed by atoms with van der Waals surface area (Å²) in [6.07, 6.45) is 4.12. The number of hydrogen-bond acceptors (Lipinski definition) is 5. The lowest BCUT2D eigenvalue weighted by molar-refractivity contribution is -0.114. The first kappa shape index (κ1) is 25.7. The number of benzene rings is 2. The van der Waals surface area contributed by atoms with E-state index in [0.29, 0.717) is 16.5 Å². The van der Waals surface area contributed by atoms with Gasteiger partial charge in [-0.1, -0.05) is 18.2 Å². The van der Waals surface area contributed by atoms with Crippen molar-refractivity contribution < 1.29 is 9.53 Å². The Kier molecular flexibility index (Phi) is 6.61. The zero-order valence-corrected chi connectivity index (χ0v) is 23.4. The van der Waals surface area contributed by atoms with Crippen molar-refractivity contribution in [2.45, 2.75) is 45.3 Å². The summed E-state index contributed by atoms with van der Waals surface area (Å²) in [5, 5.41) is 6.99. The van der Waals surface area contributed by atoms with Crippen LogP contribution in [0.2, 0.25) is 0 Å². The number of pyridine rings is 1. The van der Waals surface area contributed by atoms with E-state index in [2.05, 4.69) is 77.5 Å². The van der Waals surface area contributed by atoms with E-state index in [9.17, 15) is 4.79 Å². The van der Waals surface area contributed by atoms with E-state index in [-0.39, 0.29) is 23.5 Å². The number of hydrogen-bond donors (Lipinski definition) is 2. The van der Waals surface area contributed by atoms with Crippen LogP contribution >= 0.6 is 12.2 Å². The Morgan fingerprint density at radius 3 is 2.63 bits per heavy atom. The zero-order chi connectivity index (χ0) is 27.2. The van der Waals surface area contributed by atoms with Crippen LogP contribution in [0.3, 0.4) is 0 Å². The number of allylic oxidation sites excluding steroid dienone is 1. The normalized spacial score (nSPS) is 19.9. The third-order valence-electron chi connectivity index (χ3n) is 7.45. The molecule has 0 bridgehead atoms. The molecule has 2 N–H and O–H groups in total. The van der Waals surface area contributed by atoms with Gasteiger partial charge in [-0.3, -0.25) is 9.78 Å². The third kappa shape index (κ3) is 4.49. The number of thiocarbonyl (C=S) groups is 1. The molecule has 196 valence electrons. The van der Waals surface area contributed by atoms with Crippen LogP contribution in [0.4, 0.5) is 17.1 Å². The molecule has 1 saturated heterocycles. The summed E-state index contributed by atoms with van der Waals surface area (Å²) in [6.45, 7) is 8.10. The van der Waals surface area contributed by atoms with Gasteiger partial charge in [-0.25, -0.2) is 0 Å². The van der Waals surface area contributed by atoms with Gasteiger partial charge in [0.15, 0.2) is 5.11 Å². The largest absolute Gasteiger partial charge is 0.495 e. The Labute approximate surface area is 229 Å². The van der Waals surface area contributed by atoms with Gasteiger partial charge in [-0.05, 0) is 86.6 Å². The highest BCUT2D eigenvalue weighted by Crippen LogP contribution is 2.46. The van der Waals surface area contributed by atoms with E-state index < -0.39 is 0 Å². The molecular formula is C30H33N5O2S. The SMILES string of the molecule is COc1ccc(N2C(=S)N[C@H](c3ccccn3)[C@@H]2c2ccc3c(c2)C(C)=CC(C)(C)N3C)cc1NC(C)=O. The van der Waals surface area contributed by atoms with Crippen LogP contribution in [0.25, 0.3) is 5.57 Å². The fraction of sp³-hybridized carbons (Fsp3) is 0.300. The highest BCUT2D eigenvalue weighted by Gasteiger charge is 2.41. The van der Waals surface area contributed by atoms with Crippen molar-refractivity contribution >= 4 is 45.9 Å². The van der Waals surface area contributed by atoms with E-state index in [1.165, 1.54) is 23.7 Å². The number of ether oxygens (including phenoxy) is 1. The Bertz CT molecular complexity index is 1440. The topological polar surface area (TPSA) is 69.7 Å². The lowest BCUT2D eigenvalue weighted by atomic mass is 9.86. The second-order valence-corrected chi connectivity index (χ2v) is 10.8. The van der Waals surface area contributed by atoms with Gasteiger partial charge in [0.05, 0.1) is 36.1 Å². The molecule has 1 fully saturated rings. The lowest BCUT2D eigenvalue weighted by Gasteiger charge is -2.41. The first-order valence-corrected chi connectivity index (χ1v) is 13.1. The van der Waals surface area contributed by atoms with Crippen molar-refractivity contribution in [3.63, 3.8) is 0 Å². The number of nitrogens with one attached hydrogen (secondary N) is 2. The van der Waals surface area contributed by atoms with E-state index in [1.807, 2.05) is 36.4 Å². The molecule has 0 saturated carbocycles. The van der Waals surface area contributed by atoms with Crippen LogP contribution in [0.15, 0.2) is 66.9 Å². The van der Waals surface area contributed by atoms with Crippen molar-refractivity contribution in [1.29, 1.82) is 0 Å². The van der Waals surface area contributed by atoms with Gasteiger partial charge < -0.3 is 25.2 Å². The number of likely N-dealkylation sites (N-methyl/N-ethyl adjacent to an activating group) is 1. The van der Waals surface area contributed by atoms with Crippen molar-refractivity contribution in [1.82, 2.24) is 10.3 Å². The number of nitrogens with zero attached hydrogens (tertiary/aromatic N) is 3. The van der Waals surface area contributed by atoms with Crippen LogP contribution in [0.1, 0.15) is 56.6 Å². The number of fused-ring (bicyclic) bond motifs is 1. The highest BCUT2D eigenvalue weighted by molar-refractivity contribution is 7.80. The van der Waals surface area contributed by atoms with Crippen LogP contribution < -0.4 is 25.2 Å². The van der Waals surface area contributed by atoms with E-state index >= 15 is 0 Å². The highest BCUT2D eigenvalue weighted by atomic mass is 32.1. The zero-order valence-electron chi connectivity index (χ0n) is 22.6. The van der Waals surface area contributed by atoms with Crippen LogP contribution in [-0.2, 0) is 4.79 Å². The van der Waals surface area contributed by atoms with Gasteiger partial charge in [0, 0.05) is 37.1 Å². The predicted octanol–water partition coefficient (Wildman–Crippen LogP) is 5.86. The predicted molar refractivity (Wildman–Crippen MR) is 158 cm³/mol. The molecule has 5 rings (SSSR count). The number of amides is 1. The molecule has 2 atom stereocenters. The smallest absolute Gasteiger partial charge is 0.221 e. The van der Waals surface area contributed by atoms with E-state index in [4.69, 9.17) is 17.0 Å². The molecule has 2 aliphatic rings. The van der Waals surface area contributed by atoms with Crippen LogP contribution in [-0.4, -0.2) is 35.7 Å². The molecule has 0 spiro atoms. The van der Waals surface area contributed by atoms with Gasteiger partial charge in [-0.2, -0.15) is 0 Å². The Balaban J connectivity index is 1.66. The Hall–Kier alpha value is -3.91. The van der Waals surface area contributed by atoms with Crippen molar-refractivity contribution in [2.75, 3.05) is 29.3 Å². The van der Waals surface area contributed by atoms with Gasteiger partial charge in [0.2, 0.25) is 5.91 Å². The quantitative estimate of drug-likeness (QED) is 0.403. The minimum Gasteiger partial charge on any atom is -0.495 e. The number of carbonyl (C=O) groups excluding carboxylic acids is 1. The summed E-state index contributed by atoms with van der Waals surface area (Å²) in [4.78, 5) is 21.0. The summed E-state index contributed by atoms with van der Waals surface area (Å²) in [5.74, 6) is 0.412. The summed E-state index contributed by atoms with van der Waals surface area (Å²) in [6, 6.07) is 18.0. The average molecular weight is 528 g/mol. The molecule has 1 amide bonds. The average Bonchev–Trinajstić information content (AvgIpc) is 3.24. The fourth-order valence-corrected chi connectivity index (χ4v) is 5.81. The fourth-order valence-electron chi connectivity index (χ4n) is 5.47. The molecule has 8 heteroatoms. The summed E-state index contributed by atoms with van der Waals surface area (Å²) < 4.78 is 5.49. The van der Waals surface area contributed by atoms with Gasteiger partial charge in [0.1, 0.15) is 5.75 Å². The van der Waals surface area contributed by atoms with E-state index in [1.54, 1.807) is 13.3 Å². The number of carbonyl (C=O) groups is 1. The minimum atomic E-state index is -0.172. The molecule has 0 aliphatic carbocycles. The maximum Gasteiger partial charge on any atom is 0.221 e. The number of aromatic nitrogens is 1.